The van der Waals surface area contributed by atoms with Gasteiger partial charge in [0.15, 0.2) is 0 Å². The molecule has 6 atom stereocenters. The van der Waals surface area contributed by atoms with Crippen LogP contribution in [0.3, 0.4) is 0 Å². The molecule has 5 saturated carbocycles. The summed E-state index contributed by atoms with van der Waals surface area (Å²) in [4.78, 5) is 0. The lowest BCUT2D eigenvalue weighted by Crippen LogP contribution is -2.25. The van der Waals surface area contributed by atoms with Gasteiger partial charge in [0.05, 0.1) is 9.70 Å². The Morgan fingerprint density at radius 3 is 1.05 bits per heavy atom. The molecular formula is C13H12Br6. The zero-order valence-corrected chi connectivity index (χ0v) is 19.4. The average molecular weight is 648 g/mol. The van der Waals surface area contributed by atoms with Gasteiger partial charge in [0, 0.05) is 10.8 Å². The number of fused-ring (bicyclic) bond motifs is 2. The molecule has 0 saturated heterocycles. The predicted molar refractivity (Wildman–Crippen MR) is 99.0 cm³/mol. The van der Waals surface area contributed by atoms with Crippen LogP contribution in [0.15, 0.2) is 0 Å². The van der Waals surface area contributed by atoms with E-state index in [2.05, 4.69) is 95.6 Å². The zero-order chi connectivity index (χ0) is 13.6. The van der Waals surface area contributed by atoms with Gasteiger partial charge in [0.2, 0.25) is 0 Å². The molecule has 6 heteroatoms. The van der Waals surface area contributed by atoms with Crippen LogP contribution >= 0.6 is 95.6 Å². The first kappa shape index (κ1) is 14.2. The minimum absolute atomic E-state index is 0.201. The van der Waals surface area contributed by atoms with Crippen molar-refractivity contribution < 1.29 is 0 Å². The van der Waals surface area contributed by atoms with E-state index in [1.807, 2.05) is 0 Å². The van der Waals surface area contributed by atoms with Crippen LogP contribution in [0.5, 0.6) is 0 Å². The summed E-state index contributed by atoms with van der Waals surface area (Å²) in [5.74, 6) is 3.25. The molecule has 0 amide bonds. The molecule has 0 aromatic rings. The van der Waals surface area contributed by atoms with Gasteiger partial charge in [-0.1, -0.05) is 95.6 Å². The van der Waals surface area contributed by atoms with Gasteiger partial charge < -0.3 is 0 Å². The van der Waals surface area contributed by atoms with E-state index in [0.29, 0.717) is 10.8 Å². The first-order chi connectivity index (χ1) is 8.62. The molecule has 2 unspecified atom stereocenters. The minimum Gasteiger partial charge on any atom is -0.0721 e. The monoisotopic (exact) mass is 642 g/mol. The summed E-state index contributed by atoms with van der Waals surface area (Å²) < 4.78 is 0.697. The maximum Gasteiger partial charge on any atom is 0.0929 e. The third-order valence-corrected chi connectivity index (χ3v) is 14.8. The normalized spacial score (nSPS) is 64.1. The van der Waals surface area contributed by atoms with Crippen molar-refractivity contribution in [1.82, 2.24) is 0 Å². The lowest BCUT2D eigenvalue weighted by molar-refractivity contribution is 0.157. The number of hydrogen-bond donors (Lipinski definition) is 0. The molecule has 0 aliphatic heterocycles. The molecule has 106 valence electrons. The Labute approximate surface area is 163 Å². The molecule has 5 fully saturated rings. The fourth-order valence-electron chi connectivity index (χ4n) is 5.74. The van der Waals surface area contributed by atoms with Gasteiger partial charge in [-0.15, -0.1) is 0 Å². The van der Waals surface area contributed by atoms with Crippen molar-refractivity contribution >= 4 is 95.6 Å². The Morgan fingerprint density at radius 1 is 0.526 bits per heavy atom. The van der Waals surface area contributed by atoms with Crippen molar-refractivity contribution in [3.63, 3.8) is 0 Å². The first-order valence-corrected chi connectivity index (χ1v) is 11.5. The molecule has 0 N–H and O–H groups in total. The molecule has 0 spiro atoms. The number of hydrogen-bond acceptors (Lipinski definition) is 0. The molecule has 5 aliphatic rings. The summed E-state index contributed by atoms with van der Waals surface area (Å²) in [5, 5.41) is 0. The van der Waals surface area contributed by atoms with E-state index in [9.17, 15) is 0 Å². The van der Waals surface area contributed by atoms with E-state index in [1.165, 1.54) is 25.7 Å². The van der Waals surface area contributed by atoms with Gasteiger partial charge in [0.1, 0.15) is 0 Å². The topological polar surface area (TPSA) is 0 Å². The van der Waals surface area contributed by atoms with Crippen molar-refractivity contribution in [1.29, 1.82) is 0 Å². The highest BCUT2D eigenvalue weighted by molar-refractivity contribution is 9.26. The minimum atomic E-state index is 0.201. The quantitative estimate of drug-likeness (QED) is 0.263. The number of halogens is 6. The molecule has 0 radical (unpaired) electrons. The van der Waals surface area contributed by atoms with E-state index in [1.54, 1.807) is 0 Å². The molecule has 0 aromatic carbocycles. The van der Waals surface area contributed by atoms with Crippen LogP contribution in [0.4, 0.5) is 0 Å². The van der Waals surface area contributed by atoms with Crippen LogP contribution in [0, 0.1) is 34.5 Å². The van der Waals surface area contributed by atoms with Crippen molar-refractivity contribution in [2.24, 2.45) is 34.5 Å². The fourth-order valence-corrected chi connectivity index (χ4v) is 11.7. The first-order valence-electron chi connectivity index (χ1n) is 6.75. The van der Waals surface area contributed by atoms with Crippen molar-refractivity contribution in [2.45, 2.75) is 35.4 Å². The van der Waals surface area contributed by atoms with Crippen molar-refractivity contribution in [2.75, 3.05) is 0 Å². The Hall–Kier alpha value is 2.88. The van der Waals surface area contributed by atoms with Crippen LogP contribution in [0.25, 0.3) is 0 Å². The highest BCUT2D eigenvalue weighted by Gasteiger charge is 2.94. The van der Waals surface area contributed by atoms with E-state index in [4.69, 9.17) is 0 Å². The SMILES string of the molecule is BrC1(Br)[C@@H]2CC34C[C@@H]5[C@H](CC3(C[C@H]21)C4(Br)Br)C5(Br)Br. The Bertz CT molecular complexity index is 437. The summed E-state index contributed by atoms with van der Waals surface area (Å²) >= 11 is 23.8. The van der Waals surface area contributed by atoms with E-state index in [0.717, 1.165) is 23.7 Å². The van der Waals surface area contributed by atoms with E-state index < -0.39 is 0 Å². The van der Waals surface area contributed by atoms with Crippen LogP contribution < -0.4 is 0 Å². The standard InChI is InChI=1S/C13H12Br6/c14-11(15)5-1-9-2-7-8(12(7,16)17)4-10(9,3-6(5)11)13(9,18)19/h5-8H,1-4H2/t5-,6-,7-,8+,9?,10?/m1/s1. The Kier molecular flexibility index (Phi) is 2.59. The summed E-state index contributed by atoms with van der Waals surface area (Å²) in [5.41, 5.74) is 0.934. The molecule has 0 bridgehead atoms. The summed E-state index contributed by atoms with van der Waals surface area (Å²) in [7, 11) is 0. The summed E-state index contributed by atoms with van der Waals surface area (Å²) in [6.45, 7) is 0. The largest absolute Gasteiger partial charge is 0.0929 e. The van der Waals surface area contributed by atoms with E-state index >= 15 is 0 Å². The van der Waals surface area contributed by atoms with Gasteiger partial charge >= 0.3 is 0 Å². The average Bonchev–Trinajstić information content (AvgIpc) is 3.14. The fraction of sp³-hybridized carbons (Fsp3) is 1.00. The van der Waals surface area contributed by atoms with Gasteiger partial charge in [0.25, 0.3) is 0 Å². The van der Waals surface area contributed by atoms with Gasteiger partial charge in [-0.25, -0.2) is 0 Å². The molecular weight excluding hydrogens is 636 g/mol. The zero-order valence-electron chi connectivity index (χ0n) is 9.91. The van der Waals surface area contributed by atoms with Crippen molar-refractivity contribution in [3.8, 4) is 0 Å². The maximum absolute atomic E-state index is 4.08. The molecule has 0 aromatic heterocycles. The van der Waals surface area contributed by atoms with Crippen LogP contribution in [0.2, 0.25) is 0 Å². The summed E-state index contributed by atoms with van der Waals surface area (Å²) in [6, 6.07) is 0. The molecule has 0 nitrogen and oxygen atoms in total. The van der Waals surface area contributed by atoms with Crippen LogP contribution in [-0.2, 0) is 0 Å². The number of alkyl halides is 6. The second-order valence-corrected chi connectivity index (χ2v) is 18.2. The number of rotatable bonds is 0. The third-order valence-electron chi connectivity index (χ3n) is 7.06. The molecule has 5 aliphatic carbocycles. The Morgan fingerprint density at radius 2 is 0.789 bits per heavy atom. The lowest BCUT2D eigenvalue weighted by Gasteiger charge is -2.32. The third kappa shape index (κ3) is 1.29. The predicted octanol–water partition coefficient (Wildman–Crippen LogP) is 6.51. The van der Waals surface area contributed by atoms with Gasteiger partial charge in [-0.2, -0.15) is 0 Å². The maximum atomic E-state index is 4.08. The Balaban J connectivity index is 1.57. The van der Waals surface area contributed by atoms with Gasteiger partial charge in [-0.3, -0.25) is 0 Å². The highest BCUT2D eigenvalue weighted by atomic mass is 79.9. The molecule has 0 heterocycles. The summed E-state index contributed by atoms with van der Waals surface area (Å²) in [6.07, 6.45) is 5.40. The van der Waals surface area contributed by atoms with Crippen molar-refractivity contribution in [3.05, 3.63) is 0 Å². The van der Waals surface area contributed by atoms with Gasteiger partial charge in [-0.05, 0) is 49.4 Å². The molecule has 5 rings (SSSR count). The molecule has 19 heavy (non-hydrogen) atoms. The van der Waals surface area contributed by atoms with Crippen LogP contribution in [-0.4, -0.2) is 9.70 Å². The second-order valence-electron chi connectivity index (χ2n) is 7.33. The second kappa shape index (κ2) is 3.45. The van der Waals surface area contributed by atoms with E-state index in [-0.39, 0.29) is 9.70 Å². The highest BCUT2D eigenvalue weighted by Crippen LogP contribution is 2.98. The lowest BCUT2D eigenvalue weighted by atomic mass is 9.71. The smallest absolute Gasteiger partial charge is 0.0721 e. The van der Waals surface area contributed by atoms with Crippen LogP contribution in [0.1, 0.15) is 25.7 Å².